The molecule has 0 aliphatic carbocycles. The van der Waals surface area contributed by atoms with Crippen molar-refractivity contribution in [3.8, 4) is 0 Å². The Morgan fingerprint density at radius 2 is 1.42 bits per heavy atom. The van der Waals surface area contributed by atoms with E-state index in [0.717, 1.165) is 35.9 Å². The second-order valence-corrected chi connectivity index (χ2v) is 6.17. The van der Waals surface area contributed by atoms with Crippen molar-refractivity contribution in [3.05, 3.63) is 47.3 Å². The molecule has 0 atom stereocenters. The van der Waals surface area contributed by atoms with Crippen molar-refractivity contribution in [1.82, 2.24) is 0 Å². The van der Waals surface area contributed by atoms with Gasteiger partial charge in [0.05, 0.1) is 5.92 Å². The number of aryl methyl sites for hydroxylation is 2. The van der Waals surface area contributed by atoms with Crippen molar-refractivity contribution >= 4 is 0 Å². The van der Waals surface area contributed by atoms with E-state index in [1.54, 1.807) is 0 Å². The summed E-state index contributed by atoms with van der Waals surface area (Å²) in [4.78, 5) is 0. The molecule has 2 rings (SSSR count). The highest BCUT2D eigenvalue weighted by molar-refractivity contribution is 5.22. The molecule has 2 aromatic rings. The van der Waals surface area contributed by atoms with Gasteiger partial charge in [-0.05, 0) is 49.9 Å². The third-order valence-corrected chi connectivity index (χ3v) is 3.92. The van der Waals surface area contributed by atoms with Gasteiger partial charge in [-0.25, -0.2) is 0 Å². The zero-order valence-corrected chi connectivity index (χ0v) is 12.6. The van der Waals surface area contributed by atoms with Crippen LogP contribution in [0.4, 0.5) is 0 Å². The second kappa shape index (κ2) is 5.28. The van der Waals surface area contributed by atoms with E-state index in [1.165, 1.54) is 0 Å². The van der Waals surface area contributed by atoms with Crippen LogP contribution in [0.15, 0.2) is 33.1 Å². The lowest BCUT2D eigenvalue weighted by Crippen LogP contribution is -2.15. The molecule has 2 aromatic heterocycles. The summed E-state index contributed by atoms with van der Waals surface area (Å²) in [6.45, 7) is 10.8. The Morgan fingerprint density at radius 3 is 1.74 bits per heavy atom. The maximum atomic E-state index is 5.84. The standard InChI is InChI=1S/C17H24O2/c1-6-17(4,5)11-14(15-9-7-12(2)18-15)16-10-8-13(3)19-16/h7-10,14H,6,11H2,1-5H3. The van der Waals surface area contributed by atoms with Crippen LogP contribution < -0.4 is 0 Å². The fourth-order valence-corrected chi connectivity index (χ4v) is 2.32. The first kappa shape index (κ1) is 14.0. The molecule has 0 aliphatic rings. The van der Waals surface area contributed by atoms with E-state index in [0.29, 0.717) is 0 Å². The first-order chi connectivity index (χ1) is 8.91. The van der Waals surface area contributed by atoms with Gasteiger partial charge in [0.1, 0.15) is 23.0 Å². The van der Waals surface area contributed by atoms with E-state index in [1.807, 2.05) is 26.0 Å². The van der Waals surface area contributed by atoms with Crippen LogP contribution in [0.25, 0.3) is 0 Å². The van der Waals surface area contributed by atoms with Crippen LogP contribution in [0.2, 0.25) is 0 Å². The van der Waals surface area contributed by atoms with Gasteiger partial charge in [-0.15, -0.1) is 0 Å². The van der Waals surface area contributed by atoms with Crippen molar-refractivity contribution in [1.29, 1.82) is 0 Å². The summed E-state index contributed by atoms with van der Waals surface area (Å²) in [5, 5.41) is 0. The molecule has 0 amide bonds. The summed E-state index contributed by atoms with van der Waals surface area (Å²) in [7, 11) is 0. The zero-order chi connectivity index (χ0) is 14.0. The highest BCUT2D eigenvalue weighted by atomic mass is 16.4. The van der Waals surface area contributed by atoms with Crippen LogP contribution >= 0.6 is 0 Å². The molecule has 104 valence electrons. The third kappa shape index (κ3) is 3.31. The topological polar surface area (TPSA) is 26.3 Å². The van der Waals surface area contributed by atoms with Gasteiger partial charge in [0.2, 0.25) is 0 Å². The summed E-state index contributed by atoms with van der Waals surface area (Å²) in [6.07, 6.45) is 2.17. The van der Waals surface area contributed by atoms with Crippen molar-refractivity contribution in [2.45, 2.75) is 53.4 Å². The van der Waals surface area contributed by atoms with Crippen molar-refractivity contribution in [3.63, 3.8) is 0 Å². The predicted octanol–water partition coefficient (Wildman–Crippen LogP) is 5.45. The van der Waals surface area contributed by atoms with Crippen molar-refractivity contribution in [2.75, 3.05) is 0 Å². The van der Waals surface area contributed by atoms with Gasteiger partial charge in [0.25, 0.3) is 0 Å². The number of rotatable bonds is 5. The Labute approximate surface area is 115 Å². The SMILES string of the molecule is CCC(C)(C)CC(c1ccc(C)o1)c1ccc(C)o1. The molecule has 0 unspecified atom stereocenters. The number of furan rings is 2. The maximum absolute atomic E-state index is 5.84. The quantitative estimate of drug-likeness (QED) is 0.714. The van der Waals surface area contributed by atoms with Crippen LogP contribution in [0.5, 0.6) is 0 Å². The average molecular weight is 260 g/mol. The van der Waals surface area contributed by atoms with Gasteiger partial charge in [-0.1, -0.05) is 27.2 Å². The van der Waals surface area contributed by atoms with Gasteiger partial charge in [-0.2, -0.15) is 0 Å². The van der Waals surface area contributed by atoms with Gasteiger partial charge >= 0.3 is 0 Å². The molecule has 0 fully saturated rings. The highest BCUT2D eigenvalue weighted by Gasteiger charge is 2.28. The van der Waals surface area contributed by atoms with Gasteiger partial charge < -0.3 is 8.83 Å². The average Bonchev–Trinajstić information content (AvgIpc) is 2.95. The normalized spacial score (nSPS) is 12.3. The molecular formula is C17H24O2. The minimum absolute atomic E-state index is 0.206. The van der Waals surface area contributed by atoms with E-state index < -0.39 is 0 Å². The van der Waals surface area contributed by atoms with Crippen LogP contribution in [0.3, 0.4) is 0 Å². The highest BCUT2D eigenvalue weighted by Crippen LogP contribution is 2.39. The minimum atomic E-state index is 0.206. The Balaban J connectivity index is 2.33. The lowest BCUT2D eigenvalue weighted by Gasteiger charge is -2.26. The van der Waals surface area contributed by atoms with Crippen LogP contribution in [0.1, 0.15) is 62.6 Å². The molecule has 0 saturated carbocycles. The lowest BCUT2D eigenvalue weighted by molar-refractivity contribution is 0.272. The molecule has 0 N–H and O–H groups in total. The minimum Gasteiger partial charge on any atom is -0.466 e. The molecule has 0 aliphatic heterocycles. The third-order valence-electron chi connectivity index (χ3n) is 3.92. The molecular weight excluding hydrogens is 236 g/mol. The second-order valence-electron chi connectivity index (χ2n) is 6.17. The fourth-order valence-electron chi connectivity index (χ4n) is 2.32. The maximum Gasteiger partial charge on any atom is 0.114 e. The Bertz CT molecular complexity index is 491. The van der Waals surface area contributed by atoms with Crippen LogP contribution in [-0.2, 0) is 0 Å². The molecule has 2 heteroatoms. The largest absolute Gasteiger partial charge is 0.466 e. The Morgan fingerprint density at radius 1 is 0.947 bits per heavy atom. The number of hydrogen-bond donors (Lipinski definition) is 0. The van der Waals surface area contributed by atoms with E-state index in [9.17, 15) is 0 Å². The van der Waals surface area contributed by atoms with E-state index in [4.69, 9.17) is 8.83 Å². The summed E-state index contributed by atoms with van der Waals surface area (Å²) in [5.41, 5.74) is 0.270. The monoisotopic (exact) mass is 260 g/mol. The zero-order valence-electron chi connectivity index (χ0n) is 12.6. The first-order valence-corrected chi connectivity index (χ1v) is 7.04. The molecule has 0 saturated heterocycles. The molecule has 0 aromatic carbocycles. The fraction of sp³-hybridized carbons (Fsp3) is 0.529. The van der Waals surface area contributed by atoms with Crippen molar-refractivity contribution < 1.29 is 8.83 Å². The summed E-state index contributed by atoms with van der Waals surface area (Å²) in [5.74, 6) is 4.13. The van der Waals surface area contributed by atoms with Crippen LogP contribution in [-0.4, -0.2) is 0 Å². The van der Waals surface area contributed by atoms with E-state index in [-0.39, 0.29) is 11.3 Å². The molecule has 0 spiro atoms. The smallest absolute Gasteiger partial charge is 0.114 e. The summed E-state index contributed by atoms with van der Waals surface area (Å²) < 4.78 is 11.7. The van der Waals surface area contributed by atoms with Crippen LogP contribution in [0, 0.1) is 19.3 Å². The summed E-state index contributed by atoms with van der Waals surface area (Å²) in [6, 6.07) is 8.20. The molecule has 0 radical (unpaired) electrons. The predicted molar refractivity (Wildman–Crippen MR) is 77.4 cm³/mol. The summed E-state index contributed by atoms with van der Waals surface area (Å²) >= 11 is 0. The molecule has 2 heterocycles. The van der Waals surface area contributed by atoms with Gasteiger partial charge in [-0.3, -0.25) is 0 Å². The first-order valence-electron chi connectivity index (χ1n) is 7.04. The van der Waals surface area contributed by atoms with Gasteiger partial charge in [0, 0.05) is 0 Å². The van der Waals surface area contributed by atoms with E-state index in [2.05, 4.69) is 32.9 Å². The molecule has 0 bridgehead atoms. The number of hydrogen-bond acceptors (Lipinski definition) is 2. The lowest BCUT2D eigenvalue weighted by atomic mass is 9.79. The van der Waals surface area contributed by atoms with E-state index >= 15 is 0 Å². The van der Waals surface area contributed by atoms with Crippen molar-refractivity contribution in [2.24, 2.45) is 5.41 Å². The Hall–Kier alpha value is -1.44. The van der Waals surface area contributed by atoms with Gasteiger partial charge in [0.15, 0.2) is 0 Å². The Kier molecular flexibility index (Phi) is 3.88. The molecule has 19 heavy (non-hydrogen) atoms. The molecule has 2 nitrogen and oxygen atoms in total.